The first-order valence-electron chi connectivity index (χ1n) is 2.75. The molecule has 0 aliphatic carbocycles. The zero-order chi connectivity index (χ0) is 6.69. The Kier molecular flexibility index (Phi) is 2.53. The molecule has 1 atom stereocenters. The van der Waals surface area contributed by atoms with Crippen LogP contribution in [0.4, 0.5) is 0 Å². The highest BCUT2D eigenvalue weighted by Crippen LogP contribution is 2.19. The number of thioether (sulfide) groups is 2. The Hall–Kier alpha value is -0.0300. The van der Waals surface area contributed by atoms with Crippen LogP contribution in [0.1, 0.15) is 6.92 Å². The molecule has 1 aliphatic heterocycles. The Morgan fingerprint density at radius 2 is 2.78 bits per heavy atom. The van der Waals surface area contributed by atoms with Crippen LogP contribution in [0.15, 0.2) is 0 Å². The van der Waals surface area contributed by atoms with Gasteiger partial charge in [-0.25, -0.2) is 5.43 Å². The van der Waals surface area contributed by atoms with E-state index in [0.29, 0.717) is 4.71 Å². The van der Waals surface area contributed by atoms with Crippen molar-refractivity contribution >= 4 is 28.7 Å². The van der Waals surface area contributed by atoms with Crippen molar-refractivity contribution in [2.45, 2.75) is 11.6 Å². The van der Waals surface area contributed by atoms with E-state index in [4.69, 9.17) is 5.73 Å². The fourth-order valence-electron chi connectivity index (χ4n) is 0.531. The van der Waals surface area contributed by atoms with Crippen molar-refractivity contribution in [3.63, 3.8) is 0 Å². The number of hydrogen-bond donors (Lipinski definition) is 3. The van der Waals surface area contributed by atoms with Crippen LogP contribution in [0.5, 0.6) is 0 Å². The van der Waals surface area contributed by atoms with Crippen LogP contribution in [0, 0.1) is 0 Å². The highest BCUT2D eigenvalue weighted by Gasteiger charge is 2.19. The molecule has 9 heavy (non-hydrogen) atoms. The minimum atomic E-state index is 0.398. The van der Waals surface area contributed by atoms with Crippen molar-refractivity contribution in [3.05, 3.63) is 0 Å². The Morgan fingerprint density at radius 3 is 3.22 bits per heavy atom. The van der Waals surface area contributed by atoms with Gasteiger partial charge in [-0.2, -0.15) is 5.10 Å². The maximum absolute atomic E-state index is 5.45. The number of hydrazone groups is 1. The Morgan fingerprint density at radius 1 is 2.00 bits per heavy atom. The first kappa shape index (κ1) is 7.08. The van der Waals surface area contributed by atoms with Gasteiger partial charge in [0.1, 0.15) is 0 Å². The molecule has 0 saturated heterocycles. The van der Waals surface area contributed by atoms with E-state index in [1.54, 1.807) is 11.8 Å². The van der Waals surface area contributed by atoms with Crippen molar-refractivity contribution in [3.8, 4) is 0 Å². The van der Waals surface area contributed by atoms with Gasteiger partial charge in [-0.1, -0.05) is 6.92 Å². The minimum absolute atomic E-state index is 0.398. The molecule has 1 rings (SSSR count). The van der Waals surface area contributed by atoms with Crippen molar-refractivity contribution in [2.24, 2.45) is 5.73 Å². The van der Waals surface area contributed by atoms with E-state index in [-0.39, 0.29) is 0 Å². The molecule has 3 nitrogen and oxygen atoms in total. The lowest BCUT2D eigenvalue weighted by Crippen LogP contribution is -2.81. The third-order valence-corrected chi connectivity index (χ3v) is 3.00. The second-order valence-corrected chi connectivity index (χ2v) is 4.37. The molecule has 0 aromatic heterocycles. The predicted molar refractivity (Wildman–Crippen MR) is 42.8 cm³/mol. The second kappa shape index (κ2) is 3.22. The second-order valence-electron chi connectivity index (χ2n) is 1.54. The molecule has 1 heterocycles. The van der Waals surface area contributed by atoms with E-state index in [1.807, 2.05) is 11.8 Å². The van der Waals surface area contributed by atoms with E-state index in [0.717, 1.165) is 10.9 Å². The van der Waals surface area contributed by atoms with Crippen LogP contribution < -0.4 is 16.3 Å². The molecule has 5 heteroatoms. The van der Waals surface area contributed by atoms with Crippen LogP contribution in [-0.4, -0.2) is 15.6 Å². The number of hydrazine groups is 1. The normalized spacial score (nSPS) is 25.4. The number of amidine groups is 1. The zero-order valence-corrected chi connectivity index (χ0v) is 6.81. The van der Waals surface area contributed by atoms with E-state index in [9.17, 15) is 0 Å². The molecule has 0 aromatic rings. The van der Waals surface area contributed by atoms with Gasteiger partial charge >= 0.3 is 5.17 Å². The third kappa shape index (κ3) is 1.98. The first-order chi connectivity index (χ1) is 4.33. The number of nitrogens with two attached hydrogens (primary N) is 1. The van der Waals surface area contributed by atoms with Gasteiger partial charge < -0.3 is 0 Å². The lowest BCUT2D eigenvalue weighted by Gasteiger charge is -2.01. The molecular formula is C4H10N3S2+. The van der Waals surface area contributed by atoms with E-state index < -0.39 is 0 Å². The van der Waals surface area contributed by atoms with Gasteiger partial charge in [-0.05, 0) is 5.75 Å². The molecule has 0 amide bonds. The van der Waals surface area contributed by atoms with Gasteiger partial charge in [0.2, 0.25) is 0 Å². The average molecular weight is 164 g/mol. The fourth-order valence-corrected chi connectivity index (χ4v) is 2.43. The van der Waals surface area contributed by atoms with Crippen LogP contribution in [0.25, 0.3) is 0 Å². The van der Waals surface area contributed by atoms with Crippen molar-refractivity contribution < 1.29 is 5.10 Å². The largest absolute Gasteiger partial charge is 0.328 e. The number of hydrogen-bond acceptors (Lipinski definition) is 4. The summed E-state index contributed by atoms with van der Waals surface area (Å²) in [7, 11) is 0. The van der Waals surface area contributed by atoms with E-state index >= 15 is 0 Å². The van der Waals surface area contributed by atoms with Crippen molar-refractivity contribution in [2.75, 3.05) is 5.75 Å². The monoisotopic (exact) mass is 164 g/mol. The third-order valence-electron chi connectivity index (χ3n) is 0.865. The van der Waals surface area contributed by atoms with Crippen molar-refractivity contribution in [1.82, 2.24) is 5.43 Å². The van der Waals surface area contributed by atoms with Crippen LogP contribution in [0.2, 0.25) is 0 Å². The van der Waals surface area contributed by atoms with Crippen LogP contribution in [-0.2, 0) is 0 Å². The summed E-state index contributed by atoms with van der Waals surface area (Å²) in [4.78, 5) is 0. The highest BCUT2D eigenvalue weighted by molar-refractivity contribution is 8.24. The zero-order valence-electron chi connectivity index (χ0n) is 5.18. The summed E-state index contributed by atoms with van der Waals surface area (Å²) in [5.74, 6) is 1.11. The Balaban J connectivity index is 2.21. The molecular weight excluding hydrogens is 154 g/mol. The Bertz CT molecular complexity index is 125. The van der Waals surface area contributed by atoms with Gasteiger partial charge in [0.05, 0.1) is 0 Å². The fraction of sp³-hybridized carbons (Fsp3) is 0.750. The van der Waals surface area contributed by atoms with Gasteiger partial charge in [0.15, 0.2) is 4.71 Å². The number of rotatable bonds is 2. The van der Waals surface area contributed by atoms with E-state index in [1.165, 1.54) is 0 Å². The quantitative estimate of drug-likeness (QED) is 0.473. The number of nitrogens with one attached hydrogen (secondary N) is 2. The molecule has 1 unspecified atom stereocenters. The maximum Gasteiger partial charge on any atom is 0.328 e. The minimum Gasteiger partial charge on any atom is -0.280 e. The van der Waals surface area contributed by atoms with Crippen molar-refractivity contribution in [1.29, 1.82) is 0 Å². The summed E-state index contributed by atoms with van der Waals surface area (Å²) in [5.41, 5.74) is 8.47. The predicted octanol–water partition coefficient (Wildman–Crippen LogP) is -1.33. The van der Waals surface area contributed by atoms with Crippen LogP contribution in [0.3, 0.4) is 0 Å². The summed E-state index contributed by atoms with van der Waals surface area (Å²) >= 11 is 3.46. The SMILES string of the molecule is CCSC1N[NH+]=C(N)S1. The lowest BCUT2D eigenvalue weighted by molar-refractivity contribution is -0.518. The molecule has 0 radical (unpaired) electrons. The smallest absolute Gasteiger partial charge is 0.280 e. The standard InChI is InChI=1S/C4H9N3S2/c1-2-8-4-7-6-3(5)9-4/h4,7H,2H2,1H3,(H2,5,6)/p+1. The molecule has 0 saturated carbocycles. The van der Waals surface area contributed by atoms with Gasteiger partial charge in [-0.3, -0.25) is 5.73 Å². The topological polar surface area (TPSA) is 52.0 Å². The summed E-state index contributed by atoms with van der Waals surface area (Å²) in [6.45, 7) is 2.13. The van der Waals surface area contributed by atoms with Gasteiger partial charge in [-0.15, -0.1) is 11.8 Å². The molecule has 52 valence electrons. The average Bonchev–Trinajstić information content (AvgIpc) is 2.17. The van der Waals surface area contributed by atoms with E-state index in [2.05, 4.69) is 17.5 Å². The molecule has 1 aliphatic rings. The first-order valence-corrected chi connectivity index (χ1v) is 4.68. The Labute approximate surface area is 62.8 Å². The molecule has 4 N–H and O–H groups in total. The molecule has 0 aromatic carbocycles. The highest BCUT2D eigenvalue weighted by atomic mass is 32.2. The molecule has 0 spiro atoms. The van der Waals surface area contributed by atoms with Gasteiger partial charge in [0.25, 0.3) is 0 Å². The van der Waals surface area contributed by atoms with Crippen LogP contribution >= 0.6 is 23.5 Å². The summed E-state index contributed by atoms with van der Waals surface area (Å²) in [6, 6.07) is 0. The summed E-state index contributed by atoms with van der Waals surface area (Å²) < 4.78 is 0.398. The lowest BCUT2D eigenvalue weighted by atomic mass is 11.0. The summed E-state index contributed by atoms with van der Waals surface area (Å²) in [6.07, 6.45) is 0. The molecule has 0 bridgehead atoms. The maximum atomic E-state index is 5.45. The molecule has 0 fully saturated rings. The summed E-state index contributed by atoms with van der Waals surface area (Å²) in [5, 5.41) is 3.61. The van der Waals surface area contributed by atoms with Gasteiger partial charge in [0, 0.05) is 11.8 Å².